The highest BCUT2D eigenvalue weighted by atomic mass is 35.5. The number of pyridine rings is 1. The second kappa shape index (κ2) is 4.68. The third-order valence-electron chi connectivity index (χ3n) is 4.38. The largest absolute Gasteiger partial charge is 0.369 e. The molecule has 3 N–H and O–H groups in total. The van der Waals surface area contributed by atoms with E-state index in [2.05, 4.69) is 15.2 Å². The standard InChI is InChI=1S/C13H19ClN4/c14-12-7-10(1-4-17-12)18-8-11(15)13(9-18)2-5-16-6-3-13/h1,4,7,11,16H,2-3,5-6,8-9,15H2. The molecule has 3 rings (SSSR count). The zero-order valence-corrected chi connectivity index (χ0v) is 11.2. The van der Waals surface area contributed by atoms with Crippen LogP contribution in [0.1, 0.15) is 12.8 Å². The number of aromatic nitrogens is 1. The molecule has 0 aromatic carbocycles. The Morgan fingerprint density at radius 1 is 1.44 bits per heavy atom. The number of hydrogen-bond donors (Lipinski definition) is 2. The predicted molar refractivity (Wildman–Crippen MR) is 74.0 cm³/mol. The lowest BCUT2D eigenvalue weighted by Gasteiger charge is -2.36. The van der Waals surface area contributed by atoms with Crippen LogP contribution in [0.3, 0.4) is 0 Å². The second-order valence-corrected chi connectivity index (χ2v) is 5.82. The first-order valence-electron chi connectivity index (χ1n) is 6.52. The van der Waals surface area contributed by atoms with E-state index in [0.29, 0.717) is 5.15 Å². The van der Waals surface area contributed by atoms with Gasteiger partial charge in [-0.1, -0.05) is 11.6 Å². The van der Waals surface area contributed by atoms with E-state index in [0.717, 1.165) is 31.9 Å². The molecule has 1 aromatic heterocycles. The number of hydrogen-bond acceptors (Lipinski definition) is 4. The molecule has 0 radical (unpaired) electrons. The van der Waals surface area contributed by atoms with Crippen LogP contribution in [0, 0.1) is 5.41 Å². The van der Waals surface area contributed by atoms with Crippen LogP contribution in [-0.4, -0.2) is 37.2 Å². The molecule has 3 heterocycles. The average Bonchev–Trinajstić information content (AvgIpc) is 2.68. The minimum absolute atomic E-state index is 0.256. The van der Waals surface area contributed by atoms with E-state index in [1.807, 2.05) is 12.1 Å². The van der Waals surface area contributed by atoms with E-state index < -0.39 is 0 Å². The Balaban J connectivity index is 1.81. The monoisotopic (exact) mass is 266 g/mol. The van der Waals surface area contributed by atoms with Crippen LogP contribution in [0.25, 0.3) is 0 Å². The van der Waals surface area contributed by atoms with E-state index in [4.69, 9.17) is 17.3 Å². The van der Waals surface area contributed by atoms with Gasteiger partial charge in [0.2, 0.25) is 0 Å². The number of nitrogens with one attached hydrogen (secondary N) is 1. The summed E-state index contributed by atoms with van der Waals surface area (Å²) in [5.74, 6) is 0. The Bertz CT molecular complexity index is 431. The van der Waals surface area contributed by atoms with E-state index in [-0.39, 0.29) is 11.5 Å². The highest BCUT2D eigenvalue weighted by Crippen LogP contribution is 2.39. The number of rotatable bonds is 1. The molecule has 2 aliphatic heterocycles. The normalized spacial score (nSPS) is 26.8. The summed E-state index contributed by atoms with van der Waals surface area (Å²) in [5, 5.41) is 3.96. The van der Waals surface area contributed by atoms with Crippen LogP contribution in [0.4, 0.5) is 5.69 Å². The molecule has 0 amide bonds. The van der Waals surface area contributed by atoms with Crippen molar-refractivity contribution in [2.24, 2.45) is 11.1 Å². The van der Waals surface area contributed by atoms with Crippen LogP contribution < -0.4 is 16.0 Å². The van der Waals surface area contributed by atoms with Crippen LogP contribution in [0.15, 0.2) is 18.3 Å². The Morgan fingerprint density at radius 2 is 2.22 bits per heavy atom. The van der Waals surface area contributed by atoms with Crippen LogP contribution in [-0.2, 0) is 0 Å². The van der Waals surface area contributed by atoms with E-state index in [1.54, 1.807) is 6.20 Å². The SMILES string of the molecule is NC1CN(c2ccnc(Cl)c2)CC12CCNCC2. The Hall–Kier alpha value is -0.840. The second-order valence-electron chi connectivity index (χ2n) is 5.44. The number of anilines is 1. The van der Waals surface area contributed by atoms with Crippen LogP contribution >= 0.6 is 11.6 Å². The van der Waals surface area contributed by atoms with E-state index in [9.17, 15) is 0 Å². The van der Waals surface area contributed by atoms with Crippen molar-refractivity contribution in [3.05, 3.63) is 23.5 Å². The summed E-state index contributed by atoms with van der Waals surface area (Å²) >= 11 is 5.96. The molecule has 2 aliphatic rings. The summed E-state index contributed by atoms with van der Waals surface area (Å²) in [6, 6.07) is 4.19. The van der Waals surface area contributed by atoms with E-state index in [1.165, 1.54) is 12.8 Å². The summed E-state index contributed by atoms with van der Waals surface area (Å²) < 4.78 is 0. The quantitative estimate of drug-likeness (QED) is 0.752. The van der Waals surface area contributed by atoms with Gasteiger partial charge in [-0.15, -0.1) is 0 Å². The first kappa shape index (κ1) is 12.2. The van der Waals surface area contributed by atoms with Crippen molar-refractivity contribution in [3.63, 3.8) is 0 Å². The van der Waals surface area contributed by atoms with Gasteiger partial charge in [0, 0.05) is 36.4 Å². The molecule has 18 heavy (non-hydrogen) atoms. The molecule has 4 nitrogen and oxygen atoms in total. The van der Waals surface area contributed by atoms with Gasteiger partial charge >= 0.3 is 0 Å². The predicted octanol–water partition coefficient (Wildman–Crippen LogP) is 1.25. The van der Waals surface area contributed by atoms with Gasteiger partial charge in [0.05, 0.1) is 0 Å². The van der Waals surface area contributed by atoms with Crippen LogP contribution in [0.5, 0.6) is 0 Å². The summed E-state index contributed by atoms with van der Waals surface area (Å²) in [6.07, 6.45) is 4.10. The maximum absolute atomic E-state index is 6.39. The molecule has 1 aromatic rings. The maximum atomic E-state index is 6.39. The smallest absolute Gasteiger partial charge is 0.131 e. The van der Waals surface area contributed by atoms with Gasteiger partial charge < -0.3 is 16.0 Å². The lowest BCUT2D eigenvalue weighted by molar-refractivity contribution is 0.205. The van der Waals surface area contributed by atoms with Gasteiger partial charge in [0.25, 0.3) is 0 Å². The summed E-state index contributed by atoms with van der Waals surface area (Å²) in [7, 11) is 0. The summed E-state index contributed by atoms with van der Waals surface area (Å²) in [5.41, 5.74) is 7.81. The molecule has 5 heteroatoms. The lowest BCUT2D eigenvalue weighted by Crippen LogP contribution is -2.47. The molecule has 0 bridgehead atoms. The topological polar surface area (TPSA) is 54.2 Å². The first-order chi connectivity index (χ1) is 8.70. The molecule has 0 aliphatic carbocycles. The molecule has 2 fully saturated rings. The molecule has 1 unspecified atom stereocenters. The first-order valence-corrected chi connectivity index (χ1v) is 6.90. The van der Waals surface area contributed by atoms with Crippen LogP contribution in [0.2, 0.25) is 5.15 Å². The van der Waals surface area contributed by atoms with Crippen molar-refractivity contribution in [2.75, 3.05) is 31.1 Å². The molecule has 98 valence electrons. The average molecular weight is 267 g/mol. The third-order valence-corrected chi connectivity index (χ3v) is 4.59. The molecule has 2 saturated heterocycles. The molecular formula is C13H19ClN4. The van der Waals surface area contributed by atoms with Crippen molar-refractivity contribution < 1.29 is 0 Å². The minimum atomic E-state index is 0.256. The highest BCUT2D eigenvalue weighted by Gasteiger charge is 2.45. The van der Waals surface area contributed by atoms with Crippen molar-refractivity contribution in [1.82, 2.24) is 10.3 Å². The Labute approximate surface area is 113 Å². The van der Waals surface area contributed by atoms with E-state index >= 15 is 0 Å². The number of nitrogens with zero attached hydrogens (tertiary/aromatic N) is 2. The molecular weight excluding hydrogens is 248 g/mol. The van der Waals surface area contributed by atoms with Gasteiger partial charge in [0.15, 0.2) is 0 Å². The van der Waals surface area contributed by atoms with Gasteiger partial charge in [-0.2, -0.15) is 0 Å². The molecule has 0 saturated carbocycles. The van der Waals surface area contributed by atoms with Crippen molar-refractivity contribution >= 4 is 17.3 Å². The summed E-state index contributed by atoms with van der Waals surface area (Å²) in [6.45, 7) is 4.12. The highest BCUT2D eigenvalue weighted by molar-refractivity contribution is 6.29. The van der Waals surface area contributed by atoms with Crippen molar-refractivity contribution in [2.45, 2.75) is 18.9 Å². The van der Waals surface area contributed by atoms with Gasteiger partial charge in [-0.25, -0.2) is 4.98 Å². The fourth-order valence-electron chi connectivity index (χ4n) is 3.23. The minimum Gasteiger partial charge on any atom is -0.369 e. The Morgan fingerprint density at radius 3 is 2.94 bits per heavy atom. The Kier molecular flexibility index (Phi) is 3.18. The maximum Gasteiger partial charge on any atom is 0.131 e. The zero-order valence-electron chi connectivity index (χ0n) is 10.4. The number of halogens is 1. The third kappa shape index (κ3) is 2.09. The number of piperidine rings is 1. The van der Waals surface area contributed by atoms with Crippen molar-refractivity contribution in [3.8, 4) is 0 Å². The number of nitrogens with two attached hydrogens (primary N) is 1. The fourth-order valence-corrected chi connectivity index (χ4v) is 3.40. The van der Waals surface area contributed by atoms with Gasteiger partial charge in [0.1, 0.15) is 5.15 Å². The zero-order chi connectivity index (χ0) is 12.6. The van der Waals surface area contributed by atoms with Gasteiger partial charge in [-0.05, 0) is 38.1 Å². The van der Waals surface area contributed by atoms with Crippen molar-refractivity contribution in [1.29, 1.82) is 0 Å². The summed E-state index contributed by atoms with van der Waals surface area (Å²) in [4.78, 5) is 6.38. The molecule has 1 atom stereocenters. The van der Waals surface area contributed by atoms with Gasteiger partial charge in [-0.3, -0.25) is 0 Å². The molecule has 1 spiro atoms. The fraction of sp³-hybridized carbons (Fsp3) is 0.615. The lowest BCUT2D eigenvalue weighted by atomic mass is 9.75.